The Morgan fingerprint density at radius 1 is 1.28 bits per heavy atom. The van der Waals surface area contributed by atoms with Crippen LogP contribution >= 0.6 is 24.0 Å². The number of guanidine groups is 1. The third kappa shape index (κ3) is 7.32. The molecule has 2 aromatic rings. The first-order chi connectivity index (χ1) is 13.7. The van der Waals surface area contributed by atoms with Crippen molar-refractivity contribution in [2.75, 3.05) is 26.2 Å². The molecule has 1 fully saturated rings. The topological polar surface area (TPSA) is 45.5 Å². The average Bonchev–Trinajstić information content (AvgIpc) is 3.31. The van der Waals surface area contributed by atoms with Gasteiger partial charge >= 0.3 is 0 Å². The highest BCUT2D eigenvalue weighted by Crippen LogP contribution is 2.23. The minimum absolute atomic E-state index is 0. The number of benzene rings is 1. The highest BCUT2D eigenvalue weighted by Gasteiger charge is 2.25. The molecule has 0 radical (unpaired) electrons. The van der Waals surface area contributed by atoms with Crippen LogP contribution < -0.4 is 5.32 Å². The highest BCUT2D eigenvalue weighted by molar-refractivity contribution is 14.0. The Morgan fingerprint density at radius 2 is 2.07 bits per heavy atom. The lowest BCUT2D eigenvalue weighted by Crippen LogP contribution is -2.40. The van der Waals surface area contributed by atoms with Gasteiger partial charge in [0.25, 0.3) is 0 Å². The summed E-state index contributed by atoms with van der Waals surface area (Å²) in [4.78, 5) is 11.9. The summed E-state index contributed by atoms with van der Waals surface area (Å²) < 4.78 is 2.23. The number of imidazole rings is 1. The fourth-order valence-corrected chi connectivity index (χ4v) is 4.06. The maximum Gasteiger partial charge on any atom is 0.193 e. The molecule has 1 aromatic heterocycles. The summed E-state index contributed by atoms with van der Waals surface area (Å²) >= 11 is 0. The van der Waals surface area contributed by atoms with E-state index in [0.29, 0.717) is 0 Å². The number of aromatic nitrogens is 2. The van der Waals surface area contributed by atoms with Crippen LogP contribution in [0.25, 0.3) is 0 Å². The lowest BCUT2D eigenvalue weighted by molar-refractivity contribution is 0.403. The molecule has 1 saturated heterocycles. The van der Waals surface area contributed by atoms with Crippen LogP contribution in [0.5, 0.6) is 0 Å². The minimum Gasteiger partial charge on any atom is -0.357 e. The van der Waals surface area contributed by atoms with Gasteiger partial charge in [0.1, 0.15) is 5.82 Å². The molecule has 0 spiro atoms. The lowest BCUT2D eigenvalue weighted by atomic mass is 9.97. The Kier molecular flexibility index (Phi) is 9.97. The van der Waals surface area contributed by atoms with Gasteiger partial charge in [0.15, 0.2) is 5.96 Å². The second kappa shape index (κ2) is 12.2. The summed E-state index contributed by atoms with van der Waals surface area (Å²) in [5, 5.41) is 3.48. The maximum absolute atomic E-state index is 4.91. The molecule has 1 aliphatic heterocycles. The molecule has 1 aliphatic rings. The first kappa shape index (κ1) is 23.7. The van der Waals surface area contributed by atoms with Crippen LogP contribution in [-0.2, 0) is 13.0 Å². The summed E-state index contributed by atoms with van der Waals surface area (Å²) in [6.45, 7) is 11.6. The first-order valence-electron chi connectivity index (χ1n) is 10.7. The van der Waals surface area contributed by atoms with Crippen molar-refractivity contribution in [1.82, 2.24) is 19.8 Å². The Balaban J connectivity index is 0.00000300. The second-order valence-electron chi connectivity index (χ2n) is 8.17. The second-order valence-corrected chi connectivity index (χ2v) is 8.17. The molecule has 0 amide bonds. The van der Waals surface area contributed by atoms with Gasteiger partial charge in [-0.25, -0.2) is 4.98 Å². The molecule has 0 aliphatic carbocycles. The van der Waals surface area contributed by atoms with Gasteiger partial charge in [-0.05, 0) is 37.2 Å². The van der Waals surface area contributed by atoms with E-state index >= 15 is 0 Å². The van der Waals surface area contributed by atoms with Crippen LogP contribution in [0.15, 0.2) is 47.7 Å². The van der Waals surface area contributed by atoms with Crippen molar-refractivity contribution >= 4 is 29.9 Å². The zero-order valence-corrected chi connectivity index (χ0v) is 20.4. The van der Waals surface area contributed by atoms with Crippen molar-refractivity contribution in [2.45, 2.75) is 46.6 Å². The summed E-state index contributed by atoms with van der Waals surface area (Å²) in [7, 11) is 0. The number of hydrogen-bond acceptors (Lipinski definition) is 2. The number of aliphatic imine (C=N–C) groups is 1. The molecular weight excluding hydrogens is 473 g/mol. The highest BCUT2D eigenvalue weighted by atomic mass is 127. The Hall–Kier alpha value is -1.57. The van der Waals surface area contributed by atoms with Crippen LogP contribution in [0.4, 0.5) is 0 Å². The molecule has 1 aromatic carbocycles. The molecule has 0 saturated carbocycles. The summed E-state index contributed by atoms with van der Waals surface area (Å²) in [5.74, 6) is 3.74. The van der Waals surface area contributed by atoms with E-state index in [1.54, 1.807) is 0 Å². The summed E-state index contributed by atoms with van der Waals surface area (Å²) in [6.07, 6.45) is 7.41. The molecular formula is C23H36IN5. The molecule has 6 heteroatoms. The molecule has 1 unspecified atom stereocenters. The molecule has 160 valence electrons. The smallest absolute Gasteiger partial charge is 0.193 e. The minimum atomic E-state index is 0. The molecule has 2 heterocycles. The Morgan fingerprint density at radius 3 is 2.79 bits per heavy atom. The van der Waals surface area contributed by atoms with Crippen molar-refractivity contribution < 1.29 is 0 Å². The third-order valence-corrected chi connectivity index (χ3v) is 5.32. The quantitative estimate of drug-likeness (QED) is 0.326. The Bertz CT molecular complexity index is 741. The average molecular weight is 509 g/mol. The van der Waals surface area contributed by atoms with Crippen LogP contribution in [0.3, 0.4) is 0 Å². The van der Waals surface area contributed by atoms with Crippen LogP contribution in [0.2, 0.25) is 0 Å². The van der Waals surface area contributed by atoms with Crippen molar-refractivity contribution in [3.05, 3.63) is 54.1 Å². The van der Waals surface area contributed by atoms with E-state index < -0.39 is 0 Å². The maximum atomic E-state index is 4.91. The Labute approximate surface area is 193 Å². The number of nitrogens with zero attached hydrogens (tertiary/aromatic N) is 4. The van der Waals surface area contributed by atoms with E-state index in [0.717, 1.165) is 62.8 Å². The van der Waals surface area contributed by atoms with Gasteiger partial charge < -0.3 is 14.8 Å². The van der Waals surface area contributed by atoms with Gasteiger partial charge in [-0.3, -0.25) is 4.99 Å². The molecule has 0 bridgehead atoms. The third-order valence-electron chi connectivity index (χ3n) is 5.32. The fraction of sp³-hybridized carbons (Fsp3) is 0.565. The molecule has 5 nitrogen and oxygen atoms in total. The van der Waals surface area contributed by atoms with Gasteiger partial charge in [0.05, 0.1) is 0 Å². The number of likely N-dealkylation sites (tertiary alicyclic amines) is 1. The lowest BCUT2D eigenvalue weighted by Gasteiger charge is -2.22. The van der Waals surface area contributed by atoms with Crippen molar-refractivity contribution in [3.63, 3.8) is 0 Å². The van der Waals surface area contributed by atoms with E-state index in [4.69, 9.17) is 4.99 Å². The van der Waals surface area contributed by atoms with Gasteiger partial charge in [0, 0.05) is 51.5 Å². The normalized spacial score (nSPS) is 16.9. The van der Waals surface area contributed by atoms with E-state index in [9.17, 15) is 0 Å². The van der Waals surface area contributed by atoms with Crippen LogP contribution in [0.1, 0.15) is 45.0 Å². The van der Waals surface area contributed by atoms with Crippen molar-refractivity contribution in [2.24, 2.45) is 16.8 Å². The van der Waals surface area contributed by atoms with Crippen LogP contribution in [0, 0.1) is 11.8 Å². The standard InChI is InChI=1S/C23H35N5.HI/c1-4-24-23(28-14-11-21(18-28)16-19(2)3)26-12-10-22-25-13-15-27(22)17-20-8-6-5-7-9-20;/h5-9,13,15,19,21H,4,10-12,14,16-18H2,1-3H3,(H,24,26);1H. The van der Waals surface area contributed by atoms with E-state index in [2.05, 4.69) is 77.1 Å². The zero-order valence-electron chi connectivity index (χ0n) is 18.1. The summed E-state index contributed by atoms with van der Waals surface area (Å²) in [5.41, 5.74) is 1.30. The van der Waals surface area contributed by atoms with Crippen molar-refractivity contribution in [1.29, 1.82) is 0 Å². The number of halogens is 1. The predicted octanol–water partition coefficient (Wildman–Crippen LogP) is 4.43. The SMILES string of the molecule is CCNC(=NCCc1nccn1Cc1ccccc1)N1CCC(CC(C)C)C1.I. The number of nitrogens with one attached hydrogen (secondary N) is 1. The fourth-order valence-electron chi connectivity index (χ4n) is 4.06. The molecule has 1 N–H and O–H groups in total. The van der Waals surface area contributed by atoms with E-state index in [1.165, 1.54) is 18.4 Å². The zero-order chi connectivity index (χ0) is 19.8. The number of rotatable bonds is 8. The number of hydrogen-bond donors (Lipinski definition) is 1. The van der Waals surface area contributed by atoms with Crippen molar-refractivity contribution in [3.8, 4) is 0 Å². The monoisotopic (exact) mass is 509 g/mol. The largest absolute Gasteiger partial charge is 0.357 e. The predicted molar refractivity (Wildman–Crippen MR) is 132 cm³/mol. The van der Waals surface area contributed by atoms with Gasteiger partial charge in [0.2, 0.25) is 0 Å². The molecule has 1 atom stereocenters. The van der Waals surface area contributed by atoms with Gasteiger partial charge in [-0.1, -0.05) is 44.2 Å². The van der Waals surface area contributed by atoms with Gasteiger partial charge in [-0.2, -0.15) is 0 Å². The summed E-state index contributed by atoms with van der Waals surface area (Å²) in [6, 6.07) is 10.5. The molecule has 3 rings (SSSR count). The first-order valence-corrected chi connectivity index (χ1v) is 10.7. The molecule has 29 heavy (non-hydrogen) atoms. The van der Waals surface area contributed by atoms with Crippen LogP contribution in [-0.4, -0.2) is 46.6 Å². The van der Waals surface area contributed by atoms with E-state index in [-0.39, 0.29) is 24.0 Å². The van der Waals surface area contributed by atoms with Gasteiger partial charge in [-0.15, -0.1) is 24.0 Å². The van der Waals surface area contributed by atoms with E-state index in [1.807, 2.05) is 6.20 Å².